The van der Waals surface area contributed by atoms with Gasteiger partial charge < -0.3 is 10.2 Å². The maximum absolute atomic E-state index is 5.83. The van der Waals surface area contributed by atoms with Crippen molar-refractivity contribution in [1.29, 1.82) is 0 Å². The first-order chi connectivity index (χ1) is 8.83. The van der Waals surface area contributed by atoms with Crippen LogP contribution in [-0.2, 0) is 0 Å². The molecule has 2 aromatic carbocycles. The van der Waals surface area contributed by atoms with Crippen LogP contribution in [0, 0.1) is 0 Å². The lowest BCUT2D eigenvalue weighted by Gasteiger charge is -1.89. The van der Waals surface area contributed by atoms with E-state index >= 15 is 0 Å². The van der Waals surface area contributed by atoms with Crippen molar-refractivity contribution in [2.24, 2.45) is 0 Å². The molecule has 0 radical (unpaired) electrons. The van der Waals surface area contributed by atoms with Crippen molar-refractivity contribution < 1.29 is 4.42 Å². The van der Waals surface area contributed by atoms with Crippen LogP contribution in [0.3, 0.4) is 0 Å². The van der Waals surface area contributed by atoms with E-state index in [0.29, 0.717) is 22.7 Å². The molecule has 0 atom stereocenters. The number of nitrogens with zero attached hydrogens (tertiary/aromatic N) is 1. The zero-order valence-electron chi connectivity index (χ0n) is 9.71. The molecule has 0 saturated heterocycles. The molecule has 0 aliphatic heterocycles. The Morgan fingerprint density at radius 1 is 0.944 bits per heavy atom. The molecule has 1 aromatic heterocycles. The largest absolute Gasteiger partial charge is 0.437 e. The minimum absolute atomic E-state index is 0.562. The highest BCUT2D eigenvalue weighted by atomic mass is 16.3. The zero-order chi connectivity index (χ0) is 12.4. The Morgan fingerprint density at radius 2 is 1.78 bits per heavy atom. The monoisotopic (exact) mass is 236 g/mol. The molecule has 1 heterocycles. The number of hydrogen-bond acceptors (Lipinski definition) is 3. The number of aromatic nitrogens is 1. The zero-order valence-corrected chi connectivity index (χ0v) is 9.71. The summed E-state index contributed by atoms with van der Waals surface area (Å²) in [4.78, 5) is 4.35. The molecule has 0 fully saturated rings. The Morgan fingerprint density at radius 3 is 2.56 bits per heavy atom. The number of oxazole rings is 1. The van der Waals surface area contributed by atoms with Crippen LogP contribution >= 0.6 is 0 Å². The van der Waals surface area contributed by atoms with Crippen LogP contribution in [0.1, 0.15) is 11.5 Å². The molecule has 0 saturated carbocycles. The fourth-order valence-corrected chi connectivity index (χ4v) is 1.79. The molecule has 2 N–H and O–H groups in total. The van der Waals surface area contributed by atoms with Crippen LogP contribution in [0.5, 0.6) is 0 Å². The smallest absolute Gasteiger partial charge is 0.220 e. The third-order valence-electron chi connectivity index (χ3n) is 2.68. The van der Waals surface area contributed by atoms with Crippen molar-refractivity contribution in [2.45, 2.75) is 0 Å². The van der Waals surface area contributed by atoms with E-state index in [4.69, 9.17) is 10.2 Å². The molecule has 3 nitrogen and oxygen atoms in total. The van der Waals surface area contributed by atoms with Crippen LogP contribution in [0.4, 0.5) is 5.69 Å². The van der Waals surface area contributed by atoms with E-state index in [-0.39, 0.29) is 0 Å². The Kier molecular flexibility index (Phi) is 2.57. The minimum atomic E-state index is 0.562. The van der Waals surface area contributed by atoms with Gasteiger partial charge in [0.2, 0.25) is 5.89 Å². The molecule has 18 heavy (non-hydrogen) atoms. The Balaban J connectivity index is 1.96. The number of benzene rings is 2. The number of nitrogen functional groups attached to an aromatic ring is 1. The summed E-state index contributed by atoms with van der Waals surface area (Å²) in [6, 6.07) is 15.5. The van der Waals surface area contributed by atoms with Gasteiger partial charge in [0.15, 0.2) is 5.58 Å². The van der Waals surface area contributed by atoms with Crippen LogP contribution in [0.15, 0.2) is 52.9 Å². The average Bonchev–Trinajstić information content (AvgIpc) is 2.82. The summed E-state index contributed by atoms with van der Waals surface area (Å²) in [5.41, 5.74) is 8.99. The van der Waals surface area contributed by atoms with Gasteiger partial charge in [0.1, 0.15) is 5.52 Å². The van der Waals surface area contributed by atoms with Gasteiger partial charge in [0, 0.05) is 6.08 Å². The quantitative estimate of drug-likeness (QED) is 0.692. The molecule has 0 amide bonds. The molecule has 3 rings (SSSR count). The number of fused-ring (bicyclic) bond motifs is 1. The van der Waals surface area contributed by atoms with Gasteiger partial charge in [-0.3, -0.25) is 0 Å². The molecule has 88 valence electrons. The summed E-state index contributed by atoms with van der Waals surface area (Å²) in [7, 11) is 0. The van der Waals surface area contributed by atoms with Gasteiger partial charge >= 0.3 is 0 Å². The van der Waals surface area contributed by atoms with Crippen LogP contribution in [0.2, 0.25) is 0 Å². The van der Waals surface area contributed by atoms with Crippen molar-refractivity contribution in [3.8, 4) is 0 Å². The number of nitrogens with two attached hydrogens (primary N) is 1. The number of hydrogen-bond donors (Lipinski definition) is 1. The highest BCUT2D eigenvalue weighted by molar-refractivity contribution is 5.86. The molecule has 0 unspecified atom stereocenters. The van der Waals surface area contributed by atoms with E-state index in [0.717, 1.165) is 5.56 Å². The van der Waals surface area contributed by atoms with Gasteiger partial charge in [-0.05, 0) is 23.8 Å². The SMILES string of the molecule is Nc1cccc2oc(C=Cc3ccccc3)nc12. The van der Waals surface area contributed by atoms with Crippen LogP contribution in [-0.4, -0.2) is 4.98 Å². The van der Waals surface area contributed by atoms with E-state index in [1.165, 1.54) is 0 Å². The third kappa shape index (κ3) is 1.98. The second-order valence-corrected chi connectivity index (χ2v) is 3.99. The molecule has 0 aliphatic carbocycles. The maximum Gasteiger partial charge on any atom is 0.220 e. The fraction of sp³-hybridized carbons (Fsp3) is 0. The van der Waals surface area contributed by atoms with Gasteiger partial charge in [0.25, 0.3) is 0 Å². The topological polar surface area (TPSA) is 52.0 Å². The Bertz CT molecular complexity index is 699. The lowest BCUT2D eigenvalue weighted by molar-refractivity contribution is 0.590. The highest BCUT2D eigenvalue weighted by Crippen LogP contribution is 2.22. The Labute approximate surface area is 105 Å². The second kappa shape index (κ2) is 4.37. The molecule has 3 heteroatoms. The third-order valence-corrected chi connectivity index (χ3v) is 2.68. The van der Waals surface area contributed by atoms with Gasteiger partial charge in [0.05, 0.1) is 5.69 Å². The highest BCUT2D eigenvalue weighted by Gasteiger charge is 2.04. The summed E-state index contributed by atoms with van der Waals surface area (Å²) >= 11 is 0. The predicted molar refractivity (Wildman–Crippen MR) is 73.8 cm³/mol. The maximum atomic E-state index is 5.83. The Hall–Kier alpha value is -2.55. The van der Waals surface area contributed by atoms with Crippen molar-refractivity contribution >= 4 is 28.9 Å². The normalized spacial score (nSPS) is 11.3. The minimum Gasteiger partial charge on any atom is -0.437 e. The van der Waals surface area contributed by atoms with Gasteiger partial charge in [-0.25, -0.2) is 4.98 Å². The van der Waals surface area contributed by atoms with Gasteiger partial charge in [-0.15, -0.1) is 0 Å². The van der Waals surface area contributed by atoms with Crippen molar-refractivity contribution in [2.75, 3.05) is 5.73 Å². The van der Waals surface area contributed by atoms with E-state index in [2.05, 4.69) is 4.98 Å². The number of anilines is 1. The van der Waals surface area contributed by atoms with Gasteiger partial charge in [-0.1, -0.05) is 36.4 Å². The average molecular weight is 236 g/mol. The first kappa shape index (κ1) is 10.6. The van der Waals surface area contributed by atoms with Crippen molar-refractivity contribution in [3.63, 3.8) is 0 Å². The lowest BCUT2D eigenvalue weighted by atomic mass is 10.2. The molecule has 3 aromatic rings. The first-order valence-corrected chi connectivity index (χ1v) is 5.71. The molecular weight excluding hydrogens is 224 g/mol. The fourth-order valence-electron chi connectivity index (χ4n) is 1.79. The summed E-state index contributed by atoms with van der Waals surface area (Å²) in [6.07, 6.45) is 3.80. The van der Waals surface area contributed by atoms with E-state index < -0.39 is 0 Å². The summed E-state index contributed by atoms with van der Waals surface area (Å²) in [5, 5.41) is 0. The van der Waals surface area contributed by atoms with Crippen molar-refractivity contribution in [1.82, 2.24) is 4.98 Å². The van der Waals surface area contributed by atoms with Crippen LogP contribution in [0.25, 0.3) is 23.3 Å². The standard InChI is InChI=1S/C15H12N2O/c16-12-7-4-8-13-15(12)17-14(18-13)10-9-11-5-2-1-3-6-11/h1-10H,16H2. The first-order valence-electron chi connectivity index (χ1n) is 5.71. The summed E-state index contributed by atoms with van der Waals surface area (Å²) in [6.45, 7) is 0. The summed E-state index contributed by atoms with van der Waals surface area (Å²) < 4.78 is 5.59. The molecule has 0 aliphatic rings. The van der Waals surface area contributed by atoms with Crippen molar-refractivity contribution in [3.05, 3.63) is 60.0 Å². The lowest BCUT2D eigenvalue weighted by Crippen LogP contribution is -1.84. The molecule has 0 bridgehead atoms. The predicted octanol–water partition coefficient (Wildman–Crippen LogP) is 3.58. The molecular formula is C15H12N2O. The molecule has 0 spiro atoms. The van der Waals surface area contributed by atoms with E-state index in [1.54, 1.807) is 0 Å². The van der Waals surface area contributed by atoms with E-state index in [1.807, 2.05) is 60.7 Å². The number of rotatable bonds is 2. The summed E-state index contributed by atoms with van der Waals surface area (Å²) in [5.74, 6) is 0.562. The van der Waals surface area contributed by atoms with Gasteiger partial charge in [-0.2, -0.15) is 0 Å². The van der Waals surface area contributed by atoms with E-state index in [9.17, 15) is 0 Å². The van der Waals surface area contributed by atoms with Crippen LogP contribution < -0.4 is 5.73 Å². The number of para-hydroxylation sites is 1. The second-order valence-electron chi connectivity index (χ2n) is 3.99.